The van der Waals surface area contributed by atoms with Gasteiger partial charge in [-0.3, -0.25) is 4.79 Å². The molecule has 0 aliphatic rings. The molecule has 0 fully saturated rings. The summed E-state index contributed by atoms with van der Waals surface area (Å²) in [7, 11) is 0. The van der Waals surface area contributed by atoms with Crippen molar-refractivity contribution in [2.24, 2.45) is 0 Å². The van der Waals surface area contributed by atoms with Crippen molar-refractivity contribution in [1.82, 2.24) is 0 Å². The van der Waals surface area contributed by atoms with E-state index in [9.17, 15) is 4.79 Å². The predicted octanol–water partition coefficient (Wildman–Crippen LogP) is 3.33. The smallest absolute Gasteiger partial charge is 0.140 e. The van der Waals surface area contributed by atoms with Crippen LogP contribution in [0.2, 0.25) is 5.02 Å². The molecule has 0 bridgehead atoms. The summed E-state index contributed by atoms with van der Waals surface area (Å²) in [5.41, 5.74) is 1.16. The number of hydrogen-bond donors (Lipinski definition) is 0. The zero-order valence-corrected chi connectivity index (χ0v) is 9.21. The maximum absolute atomic E-state index is 10.8. The number of thioether (sulfide) groups is 1. The zero-order valence-electron chi connectivity index (χ0n) is 7.63. The molecule has 0 aromatic heterocycles. The Morgan fingerprint density at radius 3 is 2.85 bits per heavy atom. The molecule has 0 radical (unpaired) electrons. The molecule has 13 heavy (non-hydrogen) atoms. The molecule has 0 aliphatic carbocycles. The van der Waals surface area contributed by atoms with E-state index in [2.05, 4.69) is 0 Å². The normalized spacial score (nSPS) is 10.1. The summed E-state index contributed by atoms with van der Waals surface area (Å²) in [6.45, 7) is 3.60. The fourth-order valence-corrected chi connectivity index (χ4v) is 2.01. The van der Waals surface area contributed by atoms with E-state index in [0.29, 0.717) is 5.75 Å². The van der Waals surface area contributed by atoms with E-state index in [-0.39, 0.29) is 5.78 Å². The van der Waals surface area contributed by atoms with Gasteiger partial charge in [-0.25, -0.2) is 0 Å². The molecule has 1 aromatic rings. The second-order valence-corrected chi connectivity index (χ2v) is 4.35. The van der Waals surface area contributed by atoms with Crippen molar-refractivity contribution >= 4 is 29.1 Å². The Morgan fingerprint density at radius 1 is 1.54 bits per heavy atom. The number of Topliss-reactive ketones (excluding diaryl/α,β-unsaturated/α-hetero) is 1. The number of rotatable bonds is 3. The monoisotopic (exact) mass is 214 g/mol. The van der Waals surface area contributed by atoms with E-state index in [1.165, 1.54) is 11.8 Å². The first-order valence-electron chi connectivity index (χ1n) is 3.98. The first kappa shape index (κ1) is 10.6. The van der Waals surface area contributed by atoms with Crippen molar-refractivity contribution in [1.29, 1.82) is 0 Å². The Hall–Kier alpha value is -0.470. The Labute approximate surface area is 87.5 Å². The third kappa shape index (κ3) is 3.41. The summed E-state index contributed by atoms with van der Waals surface area (Å²) in [5.74, 6) is 0.700. The van der Waals surface area contributed by atoms with Gasteiger partial charge in [-0.1, -0.05) is 17.7 Å². The van der Waals surface area contributed by atoms with E-state index in [1.807, 2.05) is 25.1 Å². The van der Waals surface area contributed by atoms with Gasteiger partial charge >= 0.3 is 0 Å². The van der Waals surface area contributed by atoms with Gasteiger partial charge in [-0.05, 0) is 31.5 Å². The molecule has 70 valence electrons. The third-order valence-corrected chi connectivity index (χ3v) is 3.12. The molecule has 0 amide bonds. The number of ketones is 1. The number of aryl methyl sites for hydroxylation is 1. The molecule has 1 aromatic carbocycles. The van der Waals surface area contributed by atoms with Gasteiger partial charge in [-0.2, -0.15) is 0 Å². The van der Waals surface area contributed by atoms with Crippen LogP contribution in [0.5, 0.6) is 0 Å². The lowest BCUT2D eigenvalue weighted by atomic mass is 10.2. The van der Waals surface area contributed by atoms with Gasteiger partial charge in [0.15, 0.2) is 0 Å². The summed E-state index contributed by atoms with van der Waals surface area (Å²) in [5, 5.41) is 0.719. The SMILES string of the molecule is CC(=O)CSc1cc(Cl)ccc1C. The van der Waals surface area contributed by atoms with E-state index >= 15 is 0 Å². The molecule has 0 N–H and O–H groups in total. The lowest BCUT2D eigenvalue weighted by Crippen LogP contribution is -1.93. The second-order valence-electron chi connectivity index (χ2n) is 2.90. The van der Waals surface area contributed by atoms with Crippen LogP contribution < -0.4 is 0 Å². The van der Waals surface area contributed by atoms with Gasteiger partial charge in [0.1, 0.15) is 5.78 Å². The molecule has 0 saturated heterocycles. The van der Waals surface area contributed by atoms with Crippen LogP contribution >= 0.6 is 23.4 Å². The molecular weight excluding hydrogens is 204 g/mol. The average Bonchev–Trinajstić information content (AvgIpc) is 2.06. The standard InChI is InChI=1S/C10H11ClOS/c1-7-3-4-9(11)5-10(7)13-6-8(2)12/h3-5H,6H2,1-2H3. The van der Waals surface area contributed by atoms with Crippen LogP contribution in [-0.4, -0.2) is 11.5 Å². The van der Waals surface area contributed by atoms with E-state index in [0.717, 1.165) is 15.5 Å². The van der Waals surface area contributed by atoms with Crippen LogP contribution in [-0.2, 0) is 4.79 Å². The first-order chi connectivity index (χ1) is 6.09. The second kappa shape index (κ2) is 4.68. The van der Waals surface area contributed by atoms with Crippen molar-refractivity contribution in [3.63, 3.8) is 0 Å². The lowest BCUT2D eigenvalue weighted by Gasteiger charge is -2.03. The van der Waals surface area contributed by atoms with E-state index in [4.69, 9.17) is 11.6 Å². The molecular formula is C10H11ClOS. The Balaban J connectivity index is 2.75. The summed E-state index contributed by atoms with van der Waals surface area (Å²) < 4.78 is 0. The molecule has 0 atom stereocenters. The Bertz CT molecular complexity index is 323. The van der Waals surface area contributed by atoms with E-state index < -0.39 is 0 Å². The maximum Gasteiger partial charge on any atom is 0.140 e. The Morgan fingerprint density at radius 2 is 2.23 bits per heavy atom. The lowest BCUT2D eigenvalue weighted by molar-refractivity contribution is -0.114. The van der Waals surface area contributed by atoms with Crippen molar-refractivity contribution in [3.8, 4) is 0 Å². The highest BCUT2D eigenvalue weighted by atomic mass is 35.5. The molecule has 0 unspecified atom stereocenters. The van der Waals surface area contributed by atoms with Crippen LogP contribution in [0.3, 0.4) is 0 Å². The summed E-state index contributed by atoms with van der Waals surface area (Å²) >= 11 is 7.37. The van der Waals surface area contributed by atoms with Gasteiger partial charge in [0.05, 0.1) is 5.75 Å². The van der Waals surface area contributed by atoms with Crippen LogP contribution in [0.25, 0.3) is 0 Å². The van der Waals surface area contributed by atoms with Gasteiger partial charge in [0.25, 0.3) is 0 Å². The summed E-state index contributed by atoms with van der Waals surface area (Å²) in [6.07, 6.45) is 0. The van der Waals surface area contributed by atoms with E-state index in [1.54, 1.807) is 6.92 Å². The molecule has 0 spiro atoms. The fourth-order valence-electron chi connectivity index (χ4n) is 0.909. The minimum Gasteiger partial charge on any atom is -0.299 e. The highest BCUT2D eigenvalue weighted by Crippen LogP contribution is 2.25. The van der Waals surface area contributed by atoms with Crippen molar-refractivity contribution in [2.45, 2.75) is 18.7 Å². The van der Waals surface area contributed by atoms with Gasteiger partial charge in [0, 0.05) is 9.92 Å². The van der Waals surface area contributed by atoms with Gasteiger partial charge in [0.2, 0.25) is 0 Å². The third-order valence-electron chi connectivity index (χ3n) is 1.58. The molecule has 1 nitrogen and oxygen atoms in total. The van der Waals surface area contributed by atoms with Crippen LogP contribution in [0, 0.1) is 6.92 Å². The average molecular weight is 215 g/mol. The molecule has 0 heterocycles. The number of carbonyl (C=O) groups excluding carboxylic acids is 1. The van der Waals surface area contributed by atoms with Crippen LogP contribution in [0.1, 0.15) is 12.5 Å². The summed E-state index contributed by atoms with van der Waals surface area (Å²) in [4.78, 5) is 11.8. The van der Waals surface area contributed by atoms with Crippen LogP contribution in [0.15, 0.2) is 23.1 Å². The largest absolute Gasteiger partial charge is 0.299 e. The minimum atomic E-state index is 0.185. The van der Waals surface area contributed by atoms with Crippen LogP contribution in [0.4, 0.5) is 0 Å². The topological polar surface area (TPSA) is 17.1 Å². The Kier molecular flexibility index (Phi) is 3.82. The van der Waals surface area contributed by atoms with Crippen molar-refractivity contribution in [3.05, 3.63) is 28.8 Å². The highest BCUT2D eigenvalue weighted by Gasteiger charge is 2.01. The number of halogens is 1. The first-order valence-corrected chi connectivity index (χ1v) is 5.34. The summed E-state index contributed by atoms with van der Waals surface area (Å²) in [6, 6.07) is 5.71. The molecule has 0 saturated carbocycles. The predicted molar refractivity (Wildman–Crippen MR) is 57.6 cm³/mol. The molecule has 0 aliphatic heterocycles. The molecule has 3 heteroatoms. The van der Waals surface area contributed by atoms with Gasteiger partial charge in [-0.15, -0.1) is 11.8 Å². The maximum atomic E-state index is 10.8. The zero-order chi connectivity index (χ0) is 9.84. The quantitative estimate of drug-likeness (QED) is 0.718. The number of carbonyl (C=O) groups is 1. The highest BCUT2D eigenvalue weighted by molar-refractivity contribution is 8.00. The minimum absolute atomic E-state index is 0.185. The van der Waals surface area contributed by atoms with Gasteiger partial charge < -0.3 is 0 Å². The number of hydrogen-bond acceptors (Lipinski definition) is 2. The van der Waals surface area contributed by atoms with Crippen molar-refractivity contribution in [2.75, 3.05) is 5.75 Å². The fraction of sp³-hybridized carbons (Fsp3) is 0.300. The van der Waals surface area contributed by atoms with Crippen molar-refractivity contribution < 1.29 is 4.79 Å². The number of benzene rings is 1. The molecule has 1 rings (SSSR count).